The van der Waals surface area contributed by atoms with Gasteiger partial charge in [0.2, 0.25) is 10.0 Å². The molecule has 2 aromatic carbocycles. The van der Waals surface area contributed by atoms with Crippen molar-refractivity contribution >= 4 is 21.6 Å². The number of rotatable bonds is 7. The summed E-state index contributed by atoms with van der Waals surface area (Å²) in [5.41, 5.74) is 4.95. The summed E-state index contributed by atoms with van der Waals surface area (Å²) >= 11 is 0. The predicted molar refractivity (Wildman–Crippen MR) is 113 cm³/mol. The number of anilines is 1. The number of carbonyl (C=O) groups excluding carboxylic acids is 1. The van der Waals surface area contributed by atoms with E-state index >= 15 is 0 Å². The summed E-state index contributed by atoms with van der Waals surface area (Å²) in [6.07, 6.45) is 5.55. The van der Waals surface area contributed by atoms with Gasteiger partial charge in [0.25, 0.3) is 5.91 Å². The van der Waals surface area contributed by atoms with Crippen molar-refractivity contribution in [2.24, 2.45) is 0 Å². The Morgan fingerprint density at radius 3 is 2.32 bits per heavy atom. The number of fused-ring (bicyclic) bond motifs is 1. The molecule has 1 aliphatic rings. The zero-order chi connectivity index (χ0) is 20.1. The molecule has 0 unspecified atom stereocenters. The average Bonchev–Trinajstić information content (AvgIpc) is 2.71. The summed E-state index contributed by atoms with van der Waals surface area (Å²) in [7, 11) is -3.32. The van der Waals surface area contributed by atoms with Crippen molar-refractivity contribution in [2.45, 2.75) is 52.0 Å². The Bertz CT molecular complexity index is 937. The van der Waals surface area contributed by atoms with Gasteiger partial charge in [-0.2, -0.15) is 0 Å². The van der Waals surface area contributed by atoms with E-state index in [9.17, 15) is 13.2 Å². The van der Waals surface area contributed by atoms with Gasteiger partial charge in [-0.15, -0.1) is 0 Å². The fourth-order valence-electron chi connectivity index (χ4n) is 3.57. The Morgan fingerprint density at radius 2 is 1.68 bits per heavy atom. The monoisotopic (exact) mass is 400 g/mol. The molecule has 1 aliphatic carbocycles. The minimum Gasteiger partial charge on any atom is -0.345 e. The number of aryl methyl sites for hydroxylation is 2. The molecule has 1 amide bonds. The van der Waals surface area contributed by atoms with Gasteiger partial charge in [0.05, 0.1) is 11.8 Å². The van der Waals surface area contributed by atoms with Crippen molar-refractivity contribution in [3.05, 3.63) is 64.7 Å². The van der Waals surface area contributed by atoms with Gasteiger partial charge in [-0.1, -0.05) is 25.1 Å². The van der Waals surface area contributed by atoms with Crippen LogP contribution in [-0.4, -0.2) is 20.1 Å². The van der Waals surface area contributed by atoms with Crippen LogP contribution in [0, 0.1) is 0 Å². The van der Waals surface area contributed by atoms with E-state index in [1.165, 1.54) is 24.0 Å². The lowest BCUT2D eigenvalue weighted by molar-refractivity contribution is 0.0935. The maximum atomic E-state index is 12.7. The molecule has 0 bridgehead atoms. The second-order valence-electron chi connectivity index (χ2n) is 7.25. The Hall–Kier alpha value is -2.34. The summed E-state index contributed by atoms with van der Waals surface area (Å²) in [6.45, 7) is 3.64. The zero-order valence-electron chi connectivity index (χ0n) is 16.5. The SMILES string of the molecule is CC[C@@H](NC(=O)c1ccc(NS(=O)(=O)CC)cc1)c1ccc2c(c1)CCCC2. The minimum atomic E-state index is -3.32. The van der Waals surface area contributed by atoms with E-state index < -0.39 is 10.0 Å². The molecule has 0 spiro atoms. The molecule has 0 aromatic heterocycles. The van der Waals surface area contributed by atoms with Crippen LogP contribution >= 0.6 is 0 Å². The maximum absolute atomic E-state index is 12.7. The normalized spacial score (nSPS) is 14.8. The maximum Gasteiger partial charge on any atom is 0.251 e. The predicted octanol–water partition coefficient (Wildman–Crippen LogP) is 4.21. The molecule has 1 atom stereocenters. The summed E-state index contributed by atoms with van der Waals surface area (Å²) in [4.78, 5) is 12.7. The molecular formula is C22H28N2O3S. The van der Waals surface area contributed by atoms with Crippen LogP contribution in [0.5, 0.6) is 0 Å². The molecule has 0 saturated carbocycles. The van der Waals surface area contributed by atoms with E-state index in [0.29, 0.717) is 11.3 Å². The van der Waals surface area contributed by atoms with Gasteiger partial charge in [-0.25, -0.2) is 8.42 Å². The fourth-order valence-corrected chi connectivity index (χ4v) is 4.21. The molecule has 5 nitrogen and oxygen atoms in total. The third kappa shape index (κ3) is 4.93. The first-order chi connectivity index (χ1) is 13.4. The van der Waals surface area contributed by atoms with E-state index in [1.54, 1.807) is 31.2 Å². The molecule has 0 fully saturated rings. The molecule has 2 aromatic rings. The van der Waals surface area contributed by atoms with Crippen LogP contribution in [-0.2, 0) is 22.9 Å². The summed E-state index contributed by atoms with van der Waals surface area (Å²) < 4.78 is 25.8. The van der Waals surface area contributed by atoms with Crippen molar-refractivity contribution in [1.29, 1.82) is 0 Å². The number of sulfonamides is 1. The standard InChI is InChI=1S/C22H28N2O3S/c1-3-21(19-10-9-16-7-5-6-8-18(16)15-19)23-22(25)17-11-13-20(14-12-17)24-28(26,27)4-2/h9-15,21,24H,3-8H2,1-2H3,(H,23,25)/t21-/m1/s1. The van der Waals surface area contributed by atoms with Gasteiger partial charge < -0.3 is 5.32 Å². The highest BCUT2D eigenvalue weighted by Crippen LogP contribution is 2.26. The van der Waals surface area contributed by atoms with Crippen molar-refractivity contribution in [1.82, 2.24) is 5.32 Å². The number of carbonyl (C=O) groups is 1. The van der Waals surface area contributed by atoms with Gasteiger partial charge in [0.1, 0.15) is 0 Å². The zero-order valence-corrected chi connectivity index (χ0v) is 17.3. The molecule has 150 valence electrons. The van der Waals surface area contributed by atoms with Gasteiger partial charge in [-0.3, -0.25) is 9.52 Å². The molecule has 0 aliphatic heterocycles. The third-order valence-electron chi connectivity index (χ3n) is 5.29. The molecule has 0 heterocycles. The van der Waals surface area contributed by atoms with Gasteiger partial charge in [-0.05, 0) is 80.0 Å². The van der Waals surface area contributed by atoms with E-state index in [-0.39, 0.29) is 17.7 Å². The lowest BCUT2D eigenvalue weighted by Crippen LogP contribution is -2.28. The first-order valence-corrected chi connectivity index (χ1v) is 11.6. The highest BCUT2D eigenvalue weighted by atomic mass is 32.2. The molecule has 2 N–H and O–H groups in total. The van der Waals surface area contributed by atoms with Gasteiger partial charge in [0.15, 0.2) is 0 Å². The van der Waals surface area contributed by atoms with Crippen LogP contribution in [0.1, 0.15) is 66.2 Å². The van der Waals surface area contributed by atoms with Crippen molar-refractivity contribution in [2.75, 3.05) is 10.5 Å². The second kappa shape index (κ2) is 8.78. The Balaban J connectivity index is 1.70. The number of benzene rings is 2. The van der Waals surface area contributed by atoms with Crippen LogP contribution in [0.3, 0.4) is 0 Å². The molecule has 3 rings (SSSR count). The smallest absolute Gasteiger partial charge is 0.251 e. The molecule has 28 heavy (non-hydrogen) atoms. The van der Waals surface area contributed by atoms with Crippen molar-refractivity contribution < 1.29 is 13.2 Å². The summed E-state index contributed by atoms with van der Waals surface area (Å²) in [5.74, 6) is -0.150. The summed E-state index contributed by atoms with van der Waals surface area (Å²) in [6, 6.07) is 13.0. The highest BCUT2D eigenvalue weighted by Gasteiger charge is 2.17. The lowest BCUT2D eigenvalue weighted by atomic mass is 9.88. The van der Waals surface area contributed by atoms with E-state index in [4.69, 9.17) is 0 Å². The molecule has 6 heteroatoms. The Labute approximate surface area is 167 Å². The lowest BCUT2D eigenvalue weighted by Gasteiger charge is -2.22. The van der Waals surface area contributed by atoms with Crippen LogP contribution < -0.4 is 10.0 Å². The second-order valence-corrected chi connectivity index (χ2v) is 9.26. The average molecular weight is 401 g/mol. The van der Waals surface area contributed by atoms with Crippen LogP contribution in [0.2, 0.25) is 0 Å². The van der Waals surface area contributed by atoms with Crippen LogP contribution in [0.15, 0.2) is 42.5 Å². The Morgan fingerprint density at radius 1 is 1.00 bits per heavy atom. The van der Waals surface area contributed by atoms with E-state index in [0.717, 1.165) is 24.8 Å². The number of hydrogen-bond donors (Lipinski definition) is 2. The fraction of sp³-hybridized carbons (Fsp3) is 0.409. The number of nitrogens with one attached hydrogen (secondary N) is 2. The highest BCUT2D eigenvalue weighted by molar-refractivity contribution is 7.92. The van der Waals surface area contributed by atoms with Crippen LogP contribution in [0.4, 0.5) is 5.69 Å². The largest absolute Gasteiger partial charge is 0.345 e. The quantitative estimate of drug-likeness (QED) is 0.731. The van der Waals surface area contributed by atoms with Crippen molar-refractivity contribution in [3.8, 4) is 0 Å². The van der Waals surface area contributed by atoms with Crippen molar-refractivity contribution in [3.63, 3.8) is 0 Å². The Kier molecular flexibility index (Phi) is 6.39. The first kappa shape index (κ1) is 20.4. The topological polar surface area (TPSA) is 75.3 Å². The van der Waals surface area contributed by atoms with Gasteiger partial charge in [0, 0.05) is 11.3 Å². The third-order valence-corrected chi connectivity index (χ3v) is 6.60. The molecule has 0 radical (unpaired) electrons. The van der Waals surface area contributed by atoms with Gasteiger partial charge >= 0.3 is 0 Å². The first-order valence-electron chi connectivity index (χ1n) is 9.95. The summed E-state index contributed by atoms with van der Waals surface area (Å²) in [5, 5.41) is 3.11. The van der Waals surface area contributed by atoms with Crippen LogP contribution in [0.25, 0.3) is 0 Å². The number of amides is 1. The molecular weight excluding hydrogens is 372 g/mol. The molecule has 0 saturated heterocycles. The van der Waals surface area contributed by atoms with E-state index in [1.807, 2.05) is 0 Å². The van der Waals surface area contributed by atoms with E-state index in [2.05, 4.69) is 35.2 Å². The number of hydrogen-bond acceptors (Lipinski definition) is 3. The minimum absolute atomic E-state index is 0.00813.